The fourth-order valence-electron chi connectivity index (χ4n) is 2.23. The van der Waals surface area contributed by atoms with Gasteiger partial charge in [-0.2, -0.15) is 0 Å². The first kappa shape index (κ1) is 12.0. The monoisotopic (exact) mass is 233 g/mol. The lowest BCUT2D eigenvalue weighted by Crippen LogP contribution is -2.49. The van der Waals surface area contributed by atoms with Gasteiger partial charge in [-0.15, -0.1) is 0 Å². The van der Waals surface area contributed by atoms with Crippen LogP contribution in [0.25, 0.3) is 0 Å². The largest absolute Gasteiger partial charge is 0.337 e. The molecule has 1 fully saturated rings. The van der Waals surface area contributed by atoms with Gasteiger partial charge in [-0.1, -0.05) is 0 Å². The zero-order valence-corrected chi connectivity index (χ0v) is 10.4. The molecule has 1 amide bonds. The van der Waals surface area contributed by atoms with Crippen LogP contribution in [0.1, 0.15) is 24.0 Å². The van der Waals surface area contributed by atoms with Crippen LogP contribution in [0.4, 0.5) is 0 Å². The van der Waals surface area contributed by atoms with Crippen LogP contribution >= 0.6 is 0 Å². The number of pyridine rings is 1. The summed E-state index contributed by atoms with van der Waals surface area (Å²) >= 11 is 0. The van der Waals surface area contributed by atoms with Crippen molar-refractivity contribution in [3.05, 3.63) is 29.6 Å². The minimum absolute atomic E-state index is 0.0132. The maximum absolute atomic E-state index is 12.1. The number of likely N-dealkylation sites (tertiary alicyclic amines) is 1. The Morgan fingerprint density at radius 1 is 1.59 bits per heavy atom. The number of nitrogens with one attached hydrogen (secondary N) is 1. The number of piperidine rings is 1. The molecule has 0 bridgehead atoms. The molecule has 1 unspecified atom stereocenters. The predicted molar refractivity (Wildman–Crippen MR) is 66.5 cm³/mol. The number of rotatable bonds is 3. The molecule has 1 N–H and O–H groups in total. The Balaban J connectivity index is 2.08. The van der Waals surface area contributed by atoms with Gasteiger partial charge in [0.25, 0.3) is 0 Å². The Labute approximate surface area is 102 Å². The molecule has 2 rings (SSSR count). The Morgan fingerprint density at radius 3 is 3.12 bits per heavy atom. The number of hydrogen-bond acceptors (Lipinski definition) is 3. The van der Waals surface area contributed by atoms with Gasteiger partial charge in [0.05, 0.1) is 6.04 Å². The van der Waals surface area contributed by atoms with Crippen molar-refractivity contribution in [3.63, 3.8) is 0 Å². The maximum Gasteiger partial charge on any atom is 0.239 e. The van der Waals surface area contributed by atoms with E-state index in [1.54, 1.807) is 6.20 Å². The smallest absolute Gasteiger partial charge is 0.239 e. The topological polar surface area (TPSA) is 45.2 Å². The molecule has 1 aliphatic heterocycles. The Kier molecular flexibility index (Phi) is 3.74. The van der Waals surface area contributed by atoms with E-state index in [9.17, 15) is 4.79 Å². The van der Waals surface area contributed by atoms with Gasteiger partial charge < -0.3 is 10.2 Å². The highest BCUT2D eigenvalue weighted by Gasteiger charge is 2.27. The summed E-state index contributed by atoms with van der Waals surface area (Å²) in [6.07, 6.45) is 5.65. The van der Waals surface area contributed by atoms with Crippen molar-refractivity contribution in [1.82, 2.24) is 15.2 Å². The standard InChI is InChI=1S/C13H19N3O/c1-10-5-6-15-8-11(10)9-16-7-3-4-12(14-2)13(16)17/h5-6,8,12,14H,3-4,7,9H2,1-2H3. The van der Waals surface area contributed by atoms with Crippen LogP contribution in [0.15, 0.2) is 18.5 Å². The van der Waals surface area contributed by atoms with Crippen molar-refractivity contribution in [1.29, 1.82) is 0 Å². The highest BCUT2D eigenvalue weighted by atomic mass is 16.2. The number of carbonyl (C=O) groups excluding carboxylic acids is 1. The van der Waals surface area contributed by atoms with Crippen LogP contribution in [0.5, 0.6) is 0 Å². The zero-order valence-electron chi connectivity index (χ0n) is 10.4. The van der Waals surface area contributed by atoms with Crippen LogP contribution in [0.3, 0.4) is 0 Å². The third kappa shape index (κ3) is 2.64. The highest BCUT2D eigenvalue weighted by molar-refractivity contribution is 5.82. The molecule has 1 saturated heterocycles. The van der Waals surface area contributed by atoms with Gasteiger partial charge >= 0.3 is 0 Å². The molecule has 0 saturated carbocycles. The number of nitrogens with zero attached hydrogens (tertiary/aromatic N) is 2. The zero-order chi connectivity index (χ0) is 12.3. The van der Waals surface area contributed by atoms with E-state index in [1.807, 2.05) is 24.2 Å². The molecule has 4 nitrogen and oxygen atoms in total. The molecule has 1 aliphatic rings. The lowest BCUT2D eigenvalue weighted by molar-refractivity contribution is -0.136. The number of hydrogen-bond donors (Lipinski definition) is 1. The number of amides is 1. The van der Waals surface area contributed by atoms with E-state index in [0.29, 0.717) is 6.54 Å². The number of aryl methyl sites for hydroxylation is 1. The van der Waals surface area contributed by atoms with Gasteiger partial charge in [-0.25, -0.2) is 0 Å². The average molecular weight is 233 g/mol. The lowest BCUT2D eigenvalue weighted by atomic mass is 10.0. The SMILES string of the molecule is CNC1CCCN(Cc2cnccc2C)C1=O. The second-order valence-electron chi connectivity index (χ2n) is 4.55. The molecule has 17 heavy (non-hydrogen) atoms. The molecule has 0 aromatic carbocycles. The van der Waals surface area contributed by atoms with E-state index >= 15 is 0 Å². The summed E-state index contributed by atoms with van der Waals surface area (Å²) in [6.45, 7) is 3.59. The van der Waals surface area contributed by atoms with Crippen LogP contribution in [-0.2, 0) is 11.3 Å². The van der Waals surface area contributed by atoms with Crippen LogP contribution in [0.2, 0.25) is 0 Å². The lowest BCUT2D eigenvalue weighted by Gasteiger charge is -2.32. The van der Waals surface area contributed by atoms with Crippen molar-refractivity contribution < 1.29 is 4.79 Å². The van der Waals surface area contributed by atoms with Crippen molar-refractivity contribution in [2.24, 2.45) is 0 Å². The van der Waals surface area contributed by atoms with Gasteiger partial charge in [-0.05, 0) is 44.0 Å². The van der Waals surface area contributed by atoms with Crippen LogP contribution in [-0.4, -0.2) is 35.4 Å². The molecule has 1 aromatic rings. The van der Waals surface area contributed by atoms with Gasteiger partial charge in [0, 0.05) is 25.5 Å². The van der Waals surface area contributed by atoms with E-state index in [0.717, 1.165) is 24.9 Å². The van der Waals surface area contributed by atoms with E-state index < -0.39 is 0 Å². The third-order valence-electron chi connectivity index (χ3n) is 3.39. The second-order valence-corrected chi connectivity index (χ2v) is 4.55. The second kappa shape index (κ2) is 5.27. The van der Waals surface area contributed by atoms with Gasteiger partial charge in [0.15, 0.2) is 0 Å². The molecule has 0 aliphatic carbocycles. The summed E-state index contributed by atoms with van der Waals surface area (Å²) < 4.78 is 0. The fourth-order valence-corrected chi connectivity index (χ4v) is 2.23. The first-order valence-corrected chi connectivity index (χ1v) is 6.08. The quantitative estimate of drug-likeness (QED) is 0.850. The van der Waals surface area contributed by atoms with Crippen molar-refractivity contribution in [3.8, 4) is 0 Å². The van der Waals surface area contributed by atoms with Gasteiger partial charge in [0.1, 0.15) is 0 Å². The van der Waals surface area contributed by atoms with Crippen molar-refractivity contribution in [2.75, 3.05) is 13.6 Å². The molecule has 92 valence electrons. The molecule has 1 aromatic heterocycles. The Bertz CT molecular complexity index is 405. The van der Waals surface area contributed by atoms with Crippen LogP contribution < -0.4 is 5.32 Å². The first-order valence-electron chi connectivity index (χ1n) is 6.08. The van der Waals surface area contributed by atoms with Crippen LogP contribution in [0, 0.1) is 6.92 Å². The summed E-state index contributed by atoms with van der Waals surface area (Å²) in [5.74, 6) is 0.210. The molecular formula is C13H19N3O. The molecular weight excluding hydrogens is 214 g/mol. The third-order valence-corrected chi connectivity index (χ3v) is 3.39. The van der Waals surface area contributed by atoms with Crippen molar-refractivity contribution >= 4 is 5.91 Å². The van der Waals surface area contributed by atoms with Gasteiger partial charge in [-0.3, -0.25) is 9.78 Å². The number of likely N-dealkylation sites (N-methyl/N-ethyl adjacent to an activating group) is 1. The minimum Gasteiger partial charge on any atom is -0.337 e. The predicted octanol–water partition coefficient (Wildman–Crippen LogP) is 1.10. The van der Waals surface area contributed by atoms with E-state index in [4.69, 9.17) is 0 Å². The van der Waals surface area contributed by atoms with Gasteiger partial charge in [0.2, 0.25) is 5.91 Å². The Hall–Kier alpha value is -1.42. The number of carbonyl (C=O) groups is 1. The molecule has 0 radical (unpaired) electrons. The maximum atomic E-state index is 12.1. The normalized spacial score (nSPS) is 20.7. The summed E-state index contributed by atoms with van der Waals surface area (Å²) in [5, 5.41) is 3.08. The van der Waals surface area contributed by atoms with E-state index in [2.05, 4.69) is 17.2 Å². The summed E-state index contributed by atoms with van der Waals surface area (Å²) in [5.41, 5.74) is 2.33. The summed E-state index contributed by atoms with van der Waals surface area (Å²) in [6, 6.07) is 1.97. The first-order chi connectivity index (χ1) is 8.22. The Morgan fingerprint density at radius 2 is 2.41 bits per heavy atom. The molecule has 0 spiro atoms. The molecule has 4 heteroatoms. The molecule has 2 heterocycles. The van der Waals surface area contributed by atoms with E-state index in [-0.39, 0.29) is 11.9 Å². The minimum atomic E-state index is -0.0132. The van der Waals surface area contributed by atoms with E-state index in [1.165, 1.54) is 5.56 Å². The molecule has 1 atom stereocenters. The number of aromatic nitrogens is 1. The average Bonchev–Trinajstić information content (AvgIpc) is 2.34. The van der Waals surface area contributed by atoms with Crippen molar-refractivity contribution in [2.45, 2.75) is 32.4 Å². The summed E-state index contributed by atoms with van der Waals surface area (Å²) in [7, 11) is 1.85. The highest BCUT2D eigenvalue weighted by Crippen LogP contribution is 2.16. The fraction of sp³-hybridized carbons (Fsp3) is 0.538. The summed E-state index contributed by atoms with van der Waals surface area (Å²) in [4.78, 5) is 18.2.